The second kappa shape index (κ2) is 7.68. The van der Waals surface area contributed by atoms with Gasteiger partial charge in [-0.05, 0) is 44.4 Å². The van der Waals surface area contributed by atoms with Crippen molar-refractivity contribution >= 4 is 43.0 Å². The fraction of sp³-hybridized carbons (Fsp3) is 0.250. The minimum Gasteiger partial charge on any atom is -0.364 e. The molecule has 0 aliphatic carbocycles. The van der Waals surface area contributed by atoms with Crippen molar-refractivity contribution in [1.29, 1.82) is 4.78 Å². The van der Waals surface area contributed by atoms with Gasteiger partial charge in [-0.15, -0.1) is 0 Å². The van der Waals surface area contributed by atoms with Crippen LogP contribution in [-0.4, -0.2) is 44.1 Å². The van der Waals surface area contributed by atoms with Crippen molar-refractivity contribution in [3.63, 3.8) is 0 Å². The van der Waals surface area contributed by atoms with Crippen molar-refractivity contribution in [1.82, 2.24) is 15.8 Å². The molecule has 2 aromatic rings. The Morgan fingerprint density at radius 3 is 2.92 bits per heavy atom. The zero-order chi connectivity index (χ0) is 17.7. The summed E-state index contributed by atoms with van der Waals surface area (Å²) in [5, 5.41) is 19.3. The number of benzene rings is 1. The molecule has 12 heteroatoms. The molecule has 9 nitrogen and oxygen atoms in total. The van der Waals surface area contributed by atoms with Crippen LogP contribution >= 0.6 is 15.9 Å². The van der Waals surface area contributed by atoms with Gasteiger partial charge in [0.05, 0.1) is 10.2 Å². The Balaban J connectivity index is 2.23. The van der Waals surface area contributed by atoms with E-state index in [4.69, 9.17) is 4.78 Å². The zero-order valence-electron chi connectivity index (χ0n) is 12.4. The van der Waals surface area contributed by atoms with Crippen LogP contribution in [0.4, 0.5) is 15.9 Å². The van der Waals surface area contributed by atoms with Crippen molar-refractivity contribution in [2.75, 3.05) is 23.9 Å². The van der Waals surface area contributed by atoms with Crippen LogP contribution in [0.3, 0.4) is 0 Å². The highest BCUT2D eigenvalue weighted by Gasteiger charge is 2.16. The molecule has 130 valence electrons. The number of rotatable bonds is 6. The molecule has 2 rings (SSSR count). The van der Waals surface area contributed by atoms with Crippen molar-refractivity contribution in [2.24, 2.45) is 4.99 Å². The summed E-state index contributed by atoms with van der Waals surface area (Å²) in [5.74, 6) is -0.277. The summed E-state index contributed by atoms with van der Waals surface area (Å²) in [7, 11) is -2.65. The second-order valence-corrected chi connectivity index (χ2v) is 8.04. The summed E-state index contributed by atoms with van der Waals surface area (Å²) in [5.41, 5.74) is 2.30. The SMILES string of the molecule is C[S@](=N)(=O)CCNc1nonc1C(=Nc1ccc(F)c(Br)c1)NO. The van der Waals surface area contributed by atoms with Crippen LogP contribution in [0.1, 0.15) is 5.69 Å². The van der Waals surface area contributed by atoms with Gasteiger partial charge in [-0.2, -0.15) is 0 Å². The van der Waals surface area contributed by atoms with Crippen LogP contribution in [0.25, 0.3) is 0 Å². The van der Waals surface area contributed by atoms with Gasteiger partial charge in [0.25, 0.3) is 0 Å². The molecule has 0 spiro atoms. The molecule has 1 aromatic carbocycles. The first-order chi connectivity index (χ1) is 11.3. The number of aromatic nitrogens is 2. The lowest BCUT2D eigenvalue weighted by molar-refractivity contribution is 0.234. The first kappa shape index (κ1) is 18.3. The Bertz CT molecular complexity index is 854. The van der Waals surface area contributed by atoms with Gasteiger partial charge in [0.1, 0.15) is 5.82 Å². The summed E-state index contributed by atoms with van der Waals surface area (Å²) in [6.07, 6.45) is 1.32. The summed E-state index contributed by atoms with van der Waals surface area (Å²) >= 11 is 3.04. The lowest BCUT2D eigenvalue weighted by Crippen LogP contribution is -2.23. The topological polar surface area (TPSA) is 136 Å². The maximum Gasteiger partial charge on any atom is 0.202 e. The maximum absolute atomic E-state index is 13.2. The molecule has 4 N–H and O–H groups in total. The predicted molar refractivity (Wildman–Crippen MR) is 89.7 cm³/mol. The van der Waals surface area contributed by atoms with Crippen LogP contribution in [0.15, 0.2) is 32.3 Å². The fourth-order valence-electron chi connectivity index (χ4n) is 1.64. The first-order valence-corrected chi connectivity index (χ1v) is 9.45. The largest absolute Gasteiger partial charge is 0.364 e. The molecular weight excluding hydrogens is 407 g/mol. The second-order valence-electron chi connectivity index (χ2n) is 4.77. The monoisotopic (exact) mass is 420 g/mol. The van der Waals surface area contributed by atoms with Gasteiger partial charge in [0.2, 0.25) is 5.82 Å². The highest BCUT2D eigenvalue weighted by atomic mass is 79.9. The van der Waals surface area contributed by atoms with Gasteiger partial charge >= 0.3 is 0 Å². The molecule has 1 aromatic heterocycles. The highest BCUT2D eigenvalue weighted by molar-refractivity contribution is 9.10. The molecule has 1 heterocycles. The average molecular weight is 421 g/mol. The molecule has 0 saturated carbocycles. The number of amidine groups is 1. The molecular formula is C12H14BrFN6O3S. The molecule has 24 heavy (non-hydrogen) atoms. The Morgan fingerprint density at radius 2 is 2.29 bits per heavy atom. The number of aliphatic imine (C=N–C) groups is 1. The van der Waals surface area contributed by atoms with E-state index in [-0.39, 0.29) is 34.1 Å². The van der Waals surface area contributed by atoms with Crippen LogP contribution in [-0.2, 0) is 9.73 Å². The van der Waals surface area contributed by atoms with Gasteiger partial charge in [0.15, 0.2) is 11.5 Å². The lowest BCUT2D eigenvalue weighted by atomic mass is 10.3. The van der Waals surface area contributed by atoms with E-state index < -0.39 is 15.5 Å². The van der Waals surface area contributed by atoms with Gasteiger partial charge in [-0.1, -0.05) is 0 Å². The summed E-state index contributed by atoms with van der Waals surface area (Å²) < 4.78 is 36.8. The molecule has 1 atom stereocenters. The lowest BCUT2D eigenvalue weighted by Gasteiger charge is -2.06. The molecule has 0 bridgehead atoms. The summed E-state index contributed by atoms with van der Waals surface area (Å²) in [4.78, 5) is 4.10. The summed E-state index contributed by atoms with van der Waals surface area (Å²) in [6, 6.07) is 4.04. The van der Waals surface area contributed by atoms with Gasteiger partial charge < -0.3 is 5.32 Å². The van der Waals surface area contributed by atoms with E-state index in [2.05, 4.69) is 41.2 Å². The highest BCUT2D eigenvalue weighted by Crippen LogP contribution is 2.23. The van der Waals surface area contributed by atoms with E-state index in [1.54, 1.807) is 0 Å². The Labute approximate surface area is 145 Å². The maximum atomic E-state index is 13.2. The number of halogens is 2. The van der Waals surface area contributed by atoms with Gasteiger partial charge in [-0.25, -0.2) is 14.0 Å². The van der Waals surface area contributed by atoms with E-state index in [1.165, 1.54) is 24.5 Å². The standard InChI is InChI=1S/C12H14BrFN6O3S/c1-24(15,22)5-4-16-11-10(19-23-20-11)12(18-21)17-7-2-3-9(14)8(13)6-7/h2-3,6,15,21H,4-5H2,1H3,(H,16,20)(H,17,18)/t24-/m0/s1. The van der Waals surface area contributed by atoms with E-state index in [1.807, 2.05) is 5.48 Å². The van der Waals surface area contributed by atoms with Crippen molar-refractivity contribution in [2.45, 2.75) is 0 Å². The van der Waals surface area contributed by atoms with E-state index in [0.29, 0.717) is 5.69 Å². The summed E-state index contributed by atoms with van der Waals surface area (Å²) in [6.45, 7) is 0.195. The molecule has 0 amide bonds. The number of nitrogens with zero attached hydrogens (tertiary/aromatic N) is 3. The molecule has 0 aliphatic rings. The molecule has 0 unspecified atom stereocenters. The van der Waals surface area contributed by atoms with Gasteiger partial charge in [-0.3, -0.25) is 19.7 Å². The molecule has 0 aliphatic heterocycles. The number of hydrogen-bond donors (Lipinski definition) is 4. The molecule has 0 saturated heterocycles. The minimum absolute atomic E-state index is 0.0746. The Kier molecular flexibility index (Phi) is 5.85. The van der Waals surface area contributed by atoms with Crippen molar-refractivity contribution < 1.29 is 18.4 Å². The Hall–Kier alpha value is -2.05. The normalized spacial score (nSPS) is 14.2. The number of hydrogen-bond acceptors (Lipinski definition) is 8. The molecule has 0 radical (unpaired) electrons. The van der Waals surface area contributed by atoms with E-state index in [0.717, 1.165) is 0 Å². The van der Waals surface area contributed by atoms with Crippen molar-refractivity contribution in [3.05, 3.63) is 34.2 Å². The minimum atomic E-state index is -2.65. The van der Waals surface area contributed by atoms with Crippen LogP contribution in [0.5, 0.6) is 0 Å². The Morgan fingerprint density at radius 1 is 1.54 bits per heavy atom. The quantitative estimate of drug-likeness (QED) is 0.319. The van der Waals surface area contributed by atoms with E-state index in [9.17, 15) is 13.8 Å². The number of anilines is 1. The van der Waals surface area contributed by atoms with Crippen molar-refractivity contribution in [3.8, 4) is 0 Å². The smallest absolute Gasteiger partial charge is 0.202 e. The zero-order valence-corrected chi connectivity index (χ0v) is 14.8. The average Bonchev–Trinajstić information content (AvgIpc) is 2.95. The van der Waals surface area contributed by atoms with Crippen LogP contribution < -0.4 is 10.8 Å². The number of nitrogens with one attached hydrogen (secondary N) is 3. The van der Waals surface area contributed by atoms with Crippen LogP contribution in [0, 0.1) is 10.6 Å². The number of hydroxylamine groups is 1. The fourth-order valence-corrected chi connectivity index (χ4v) is 2.50. The predicted octanol–water partition coefficient (Wildman–Crippen LogP) is 2.12. The third kappa shape index (κ3) is 4.97. The third-order valence-electron chi connectivity index (χ3n) is 2.75. The van der Waals surface area contributed by atoms with Crippen LogP contribution in [0.2, 0.25) is 0 Å². The van der Waals surface area contributed by atoms with E-state index >= 15 is 0 Å². The first-order valence-electron chi connectivity index (χ1n) is 6.52. The third-order valence-corrected chi connectivity index (χ3v) is 4.34. The van der Waals surface area contributed by atoms with Gasteiger partial charge in [0, 0.05) is 28.3 Å². The molecule has 0 fully saturated rings.